The zero-order valence-electron chi connectivity index (χ0n) is 15.7. The van der Waals surface area contributed by atoms with Gasteiger partial charge in [-0.3, -0.25) is 9.59 Å². The fourth-order valence-corrected chi connectivity index (χ4v) is 4.84. The number of fused-ring (bicyclic) bond motifs is 3. The first-order valence-electron chi connectivity index (χ1n) is 9.56. The van der Waals surface area contributed by atoms with Crippen molar-refractivity contribution in [2.45, 2.75) is 44.4 Å². The molecular weight excluding hydrogens is 362 g/mol. The molecule has 1 spiro atoms. The van der Waals surface area contributed by atoms with Gasteiger partial charge < -0.3 is 14.6 Å². The molecule has 3 atom stereocenters. The molecule has 0 aromatic heterocycles. The number of rotatable bonds is 2. The van der Waals surface area contributed by atoms with Crippen molar-refractivity contribution in [1.82, 2.24) is 4.90 Å². The van der Waals surface area contributed by atoms with Gasteiger partial charge in [0.05, 0.1) is 12.5 Å². The van der Waals surface area contributed by atoms with Crippen LogP contribution in [0.25, 0.3) is 0 Å². The molecule has 2 heterocycles. The third-order valence-corrected chi connectivity index (χ3v) is 6.18. The summed E-state index contributed by atoms with van der Waals surface area (Å²) in [4.78, 5) is 39.6. The van der Waals surface area contributed by atoms with Gasteiger partial charge in [0.2, 0.25) is 6.23 Å². The van der Waals surface area contributed by atoms with Crippen LogP contribution >= 0.6 is 0 Å². The van der Waals surface area contributed by atoms with Crippen molar-refractivity contribution in [3.8, 4) is 0 Å². The number of benzene rings is 1. The van der Waals surface area contributed by atoms with Gasteiger partial charge in [-0.1, -0.05) is 49.6 Å². The largest absolute Gasteiger partial charge is 0.452 e. The molecular formula is C21H23NO6. The molecule has 28 heavy (non-hydrogen) atoms. The van der Waals surface area contributed by atoms with E-state index in [1.165, 1.54) is 13.3 Å². The number of ketones is 1. The molecule has 1 saturated heterocycles. The van der Waals surface area contributed by atoms with E-state index in [1.54, 1.807) is 30.3 Å². The molecule has 2 aliphatic heterocycles. The van der Waals surface area contributed by atoms with Gasteiger partial charge in [0.15, 0.2) is 5.78 Å². The van der Waals surface area contributed by atoms with E-state index in [4.69, 9.17) is 9.47 Å². The van der Waals surface area contributed by atoms with Crippen molar-refractivity contribution < 1.29 is 29.0 Å². The van der Waals surface area contributed by atoms with E-state index < -0.39 is 35.7 Å². The van der Waals surface area contributed by atoms with E-state index in [9.17, 15) is 19.5 Å². The number of amides is 1. The summed E-state index contributed by atoms with van der Waals surface area (Å²) < 4.78 is 10.3. The van der Waals surface area contributed by atoms with Gasteiger partial charge in [-0.25, -0.2) is 9.69 Å². The molecule has 7 nitrogen and oxygen atoms in total. The van der Waals surface area contributed by atoms with Gasteiger partial charge in [-0.05, 0) is 12.8 Å². The van der Waals surface area contributed by atoms with Gasteiger partial charge in [-0.2, -0.15) is 0 Å². The molecule has 1 aromatic rings. The molecule has 4 rings (SSSR count). The first kappa shape index (κ1) is 18.7. The van der Waals surface area contributed by atoms with Crippen LogP contribution in [0.15, 0.2) is 42.1 Å². The number of carbonyl (C=O) groups is 3. The average Bonchev–Trinajstić information content (AvgIpc) is 2.73. The minimum absolute atomic E-state index is 0.249. The first-order chi connectivity index (χ1) is 13.5. The fraction of sp³-hybridized carbons (Fsp3) is 0.476. The zero-order chi connectivity index (χ0) is 19.9. The highest BCUT2D eigenvalue weighted by atomic mass is 16.6. The van der Waals surface area contributed by atoms with E-state index in [1.807, 2.05) is 0 Å². The van der Waals surface area contributed by atoms with Gasteiger partial charge in [0.25, 0.3) is 0 Å². The maximum atomic E-state index is 13.3. The van der Waals surface area contributed by atoms with Gasteiger partial charge in [0, 0.05) is 23.3 Å². The van der Waals surface area contributed by atoms with Crippen molar-refractivity contribution in [2.75, 3.05) is 7.11 Å². The molecule has 2 bridgehead atoms. The maximum absolute atomic E-state index is 13.3. The Balaban J connectivity index is 1.85. The van der Waals surface area contributed by atoms with Crippen molar-refractivity contribution in [3.63, 3.8) is 0 Å². The fourth-order valence-electron chi connectivity index (χ4n) is 4.84. The topological polar surface area (TPSA) is 93.1 Å². The monoisotopic (exact) mass is 385 g/mol. The van der Waals surface area contributed by atoms with E-state index in [2.05, 4.69) is 0 Å². The number of methoxy groups -OCH3 is 1. The number of nitrogens with zero attached hydrogens (tertiary/aromatic N) is 1. The molecule has 2 fully saturated rings. The number of aliphatic hydroxyl groups excluding tert-OH is 1. The lowest BCUT2D eigenvalue weighted by Gasteiger charge is -2.53. The van der Waals surface area contributed by atoms with E-state index in [0.29, 0.717) is 18.4 Å². The van der Waals surface area contributed by atoms with Gasteiger partial charge in [-0.15, -0.1) is 0 Å². The second-order valence-electron chi connectivity index (χ2n) is 7.64. The van der Waals surface area contributed by atoms with Crippen LogP contribution in [0.4, 0.5) is 4.79 Å². The molecule has 0 radical (unpaired) electrons. The Morgan fingerprint density at radius 1 is 1.18 bits per heavy atom. The molecule has 3 aliphatic rings. The minimum Gasteiger partial charge on any atom is -0.452 e. The van der Waals surface area contributed by atoms with E-state index >= 15 is 0 Å². The summed E-state index contributed by atoms with van der Waals surface area (Å²) in [7, 11) is 1.20. The zero-order valence-corrected chi connectivity index (χ0v) is 15.7. The Labute approximate surface area is 162 Å². The van der Waals surface area contributed by atoms with Crippen LogP contribution in [-0.2, 0) is 14.3 Å². The van der Waals surface area contributed by atoms with Crippen molar-refractivity contribution in [1.29, 1.82) is 0 Å². The summed E-state index contributed by atoms with van der Waals surface area (Å²) in [6.45, 7) is 0. The summed E-state index contributed by atoms with van der Waals surface area (Å²) in [6, 6.07) is 8.66. The Kier molecular flexibility index (Phi) is 4.71. The average molecular weight is 385 g/mol. The van der Waals surface area contributed by atoms with E-state index in [-0.39, 0.29) is 11.4 Å². The predicted octanol–water partition coefficient (Wildman–Crippen LogP) is 2.65. The van der Waals surface area contributed by atoms with Gasteiger partial charge >= 0.3 is 12.1 Å². The Bertz CT molecular complexity index is 827. The van der Waals surface area contributed by atoms with Crippen LogP contribution in [0.3, 0.4) is 0 Å². The standard InChI is InChI=1S/C21H23NO6/c1-27-20(26)22-12-14(16(23)13-8-4-2-5-9-13)15-17(24)18(22)28-19(25)21(15)10-6-3-7-11-21/h2,4-5,8-9,12,15,17-18,24H,3,6-7,10-11H2,1H3/t15-,17?,18-/m1/s1. The third-order valence-electron chi connectivity index (χ3n) is 6.18. The third kappa shape index (κ3) is 2.73. The van der Waals surface area contributed by atoms with Crippen LogP contribution in [-0.4, -0.2) is 47.3 Å². The van der Waals surface area contributed by atoms with Crippen molar-refractivity contribution in [2.24, 2.45) is 11.3 Å². The highest BCUT2D eigenvalue weighted by molar-refractivity contribution is 6.10. The predicted molar refractivity (Wildman–Crippen MR) is 98.0 cm³/mol. The van der Waals surface area contributed by atoms with E-state index in [0.717, 1.165) is 24.2 Å². The number of esters is 1. The Morgan fingerprint density at radius 3 is 2.50 bits per heavy atom. The summed E-state index contributed by atoms with van der Waals surface area (Å²) in [5, 5.41) is 11.1. The molecule has 1 amide bonds. The lowest BCUT2D eigenvalue weighted by molar-refractivity contribution is -0.216. The second-order valence-corrected chi connectivity index (χ2v) is 7.64. The highest BCUT2D eigenvalue weighted by Gasteiger charge is 2.62. The normalized spacial score (nSPS) is 28.4. The summed E-state index contributed by atoms with van der Waals surface area (Å²) >= 11 is 0. The molecule has 1 unspecified atom stereocenters. The Morgan fingerprint density at radius 2 is 1.86 bits per heavy atom. The molecule has 7 heteroatoms. The lowest BCUT2D eigenvalue weighted by atomic mass is 9.59. The van der Waals surface area contributed by atoms with Crippen LogP contribution < -0.4 is 0 Å². The second kappa shape index (κ2) is 7.05. The molecule has 148 valence electrons. The van der Waals surface area contributed by atoms with Crippen LogP contribution in [0.1, 0.15) is 42.5 Å². The summed E-state index contributed by atoms with van der Waals surface area (Å²) in [6.07, 6.45) is 1.98. The summed E-state index contributed by atoms with van der Waals surface area (Å²) in [5.74, 6) is -1.47. The number of hydrogen-bond acceptors (Lipinski definition) is 6. The number of aliphatic hydroxyl groups is 1. The summed E-state index contributed by atoms with van der Waals surface area (Å²) in [5.41, 5.74) is -0.250. The smallest absolute Gasteiger partial charge is 0.416 e. The van der Waals surface area contributed by atoms with Crippen LogP contribution in [0, 0.1) is 11.3 Å². The van der Waals surface area contributed by atoms with Crippen molar-refractivity contribution in [3.05, 3.63) is 47.7 Å². The number of Topliss-reactive ketones (excluding diaryl/α,β-unsaturated/α-hetero) is 1. The molecule has 1 aromatic carbocycles. The Hall–Kier alpha value is -2.67. The number of carbonyl (C=O) groups excluding carboxylic acids is 3. The molecule has 1 saturated carbocycles. The molecule has 1 N–H and O–H groups in total. The molecule has 1 aliphatic carbocycles. The quantitative estimate of drug-likeness (QED) is 0.621. The van der Waals surface area contributed by atoms with Crippen molar-refractivity contribution >= 4 is 17.8 Å². The SMILES string of the molecule is COC(=O)N1C=C(C(=O)c2ccccc2)[C@@H]2C(O)[C@H]1OC(=O)C21CCCCC1. The highest BCUT2D eigenvalue weighted by Crippen LogP contribution is 2.54. The van der Waals surface area contributed by atoms with Crippen LogP contribution in [0.2, 0.25) is 0 Å². The van der Waals surface area contributed by atoms with Gasteiger partial charge in [0.1, 0.15) is 6.10 Å². The number of hydrogen-bond donors (Lipinski definition) is 1. The first-order valence-corrected chi connectivity index (χ1v) is 9.56. The minimum atomic E-state index is -1.19. The number of ether oxygens (including phenoxy) is 2. The maximum Gasteiger partial charge on any atom is 0.416 e. The lowest BCUT2D eigenvalue weighted by Crippen LogP contribution is -2.65. The van der Waals surface area contributed by atoms with Crippen LogP contribution in [0.5, 0.6) is 0 Å².